The van der Waals surface area contributed by atoms with Crippen LogP contribution in [0.5, 0.6) is 5.75 Å². The number of alkyl halides is 3. The minimum Gasteiger partial charge on any atom is -0.491 e. The number of hydrogen-bond acceptors (Lipinski definition) is 1. The molecule has 3 aromatic carbocycles. The SMILES string of the molecule is CCOc1ccc(-c2ccc(-c3cc(F)c(/C=C/C(F)(F)F)c(F)c3)cc2F)cc1F. The Labute approximate surface area is 173 Å². The molecule has 0 aliphatic rings. The van der Waals surface area contributed by atoms with Crippen molar-refractivity contribution in [1.82, 2.24) is 0 Å². The van der Waals surface area contributed by atoms with E-state index < -0.39 is 35.0 Å². The number of benzene rings is 3. The third-order valence-electron chi connectivity index (χ3n) is 4.36. The molecule has 3 aromatic rings. The van der Waals surface area contributed by atoms with Crippen LogP contribution in [0, 0.1) is 23.3 Å². The lowest BCUT2D eigenvalue weighted by Gasteiger charge is -2.10. The van der Waals surface area contributed by atoms with Crippen molar-refractivity contribution in [2.45, 2.75) is 13.1 Å². The van der Waals surface area contributed by atoms with Crippen LogP contribution < -0.4 is 4.74 Å². The van der Waals surface area contributed by atoms with E-state index in [1.807, 2.05) is 0 Å². The number of rotatable bonds is 5. The van der Waals surface area contributed by atoms with Gasteiger partial charge in [-0.05, 0) is 60.0 Å². The fraction of sp³-hybridized carbons (Fsp3) is 0.130. The highest BCUT2D eigenvalue weighted by Crippen LogP contribution is 2.32. The molecule has 0 spiro atoms. The van der Waals surface area contributed by atoms with E-state index in [9.17, 15) is 30.7 Å². The average Bonchev–Trinajstić information content (AvgIpc) is 2.68. The van der Waals surface area contributed by atoms with E-state index in [1.54, 1.807) is 6.92 Å². The summed E-state index contributed by atoms with van der Waals surface area (Å²) in [6, 6.07) is 9.23. The number of allylic oxidation sites excluding steroid dienone is 1. The maximum atomic E-state index is 14.7. The quantitative estimate of drug-likeness (QED) is 0.372. The van der Waals surface area contributed by atoms with Crippen LogP contribution in [0.1, 0.15) is 12.5 Å². The number of hydrogen-bond donors (Lipinski definition) is 0. The van der Waals surface area contributed by atoms with E-state index in [0.717, 1.165) is 24.3 Å². The van der Waals surface area contributed by atoms with Crippen LogP contribution in [0.2, 0.25) is 0 Å². The molecule has 0 saturated heterocycles. The zero-order valence-corrected chi connectivity index (χ0v) is 16.0. The summed E-state index contributed by atoms with van der Waals surface area (Å²) in [6.45, 7) is 1.95. The van der Waals surface area contributed by atoms with Gasteiger partial charge in [-0.15, -0.1) is 0 Å². The summed E-state index contributed by atoms with van der Waals surface area (Å²) < 4.78 is 98.9. The largest absolute Gasteiger partial charge is 0.491 e. The minimum atomic E-state index is -4.73. The first-order valence-corrected chi connectivity index (χ1v) is 9.06. The molecule has 0 heterocycles. The third-order valence-corrected chi connectivity index (χ3v) is 4.36. The van der Waals surface area contributed by atoms with Gasteiger partial charge in [0.25, 0.3) is 0 Å². The molecule has 0 unspecified atom stereocenters. The molecule has 0 amide bonds. The molecular weight excluding hydrogens is 425 g/mol. The molecule has 0 aliphatic carbocycles. The predicted octanol–water partition coefficient (Wildman–Crippen LogP) is 7.55. The van der Waals surface area contributed by atoms with Gasteiger partial charge in [-0.3, -0.25) is 0 Å². The van der Waals surface area contributed by atoms with Crippen molar-refractivity contribution in [2.75, 3.05) is 6.61 Å². The fourth-order valence-electron chi connectivity index (χ4n) is 2.96. The highest BCUT2D eigenvalue weighted by atomic mass is 19.4. The molecule has 0 saturated carbocycles. The van der Waals surface area contributed by atoms with Gasteiger partial charge in [0.2, 0.25) is 0 Å². The zero-order chi connectivity index (χ0) is 22.8. The Morgan fingerprint density at radius 2 is 1.32 bits per heavy atom. The van der Waals surface area contributed by atoms with E-state index in [4.69, 9.17) is 4.74 Å². The van der Waals surface area contributed by atoms with Gasteiger partial charge in [0.15, 0.2) is 11.6 Å². The molecular formula is C23H15F7O. The van der Waals surface area contributed by atoms with Gasteiger partial charge in [-0.25, -0.2) is 17.6 Å². The van der Waals surface area contributed by atoms with Gasteiger partial charge < -0.3 is 4.74 Å². The smallest absolute Gasteiger partial charge is 0.409 e. The Bertz CT molecular complexity index is 1110. The highest BCUT2D eigenvalue weighted by Gasteiger charge is 2.23. The van der Waals surface area contributed by atoms with Crippen molar-refractivity contribution in [3.8, 4) is 28.0 Å². The molecule has 0 radical (unpaired) electrons. The van der Waals surface area contributed by atoms with Crippen LogP contribution in [-0.2, 0) is 0 Å². The summed E-state index contributed by atoms with van der Waals surface area (Å²) >= 11 is 0. The van der Waals surface area contributed by atoms with Crippen molar-refractivity contribution in [1.29, 1.82) is 0 Å². The Balaban J connectivity index is 1.95. The summed E-state index contributed by atoms with van der Waals surface area (Å²) in [5, 5.41) is 0. The summed E-state index contributed by atoms with van der Waals surface area (Å²) in [6.07, 6.45) is -4.71. The molecule has 0 bridgehead atoms. The van der Waals surface area contributed by atoms with E-state index in [0.29, 0.717) is 6.08 Å². The zero-order valence-electron chi connectivity index (χ0n) is 16.0. The van der Waals surface area contributed by atoms with Crippen molar-refractivity contribution >= 4 is 6.08 Å². The average molecular weight is 440 g/mol. The first-order chi connectivity index (χ1) is 14.6. The lowest BCUT2D eigenvalue weighted by Crippen LogP contribution is -2.01. The summed E-state index contributed by atoms with van der Waals surface area (Å²) in [4.78, 5) is 0. The van der Waals surface area contributed by atoms with Gasteiger partial charge in [0.1, 0.15) is 17.5 Å². The summed E-state index contributed by atoms with van der Waals surface area (Å²) in [5.41, 5.74) is -0.548. The van der Waals surface area contributed by atoms with Crippen molar-refractivity contribution < 1.29 is 35.5 Å². The van der Waals surface area contributed by atoms with Gasteiger partial charge in [0, 0.05) is 17.2 Å². The predicted molar refractivity (Wildman–Crippen MR) is 103 cm³/mol. The van der Waals surface area contributed by atoms with Crippen molar-refractivity contribution in [3.63, 3.8) is 0 Å². The van der Waals surface area contributed by atoms with Gasteiger partial charge in [-0.2, -0.15) is 13.2 Å². The van der Waals surface area contributed by atoms with Gasteiger partial charge >= 0.3 is 6.18 Å². The maximum absolute atomic E-state index is 14.7. The Kier molecular flexibility index (Phi) is 6.38. The van der Waals surface area contributed by atoms with Crippen LogP contribution in [0.4, 0.5) is 30.7 Å². The topological polar surface area (TPSA) is 9.23 Å². The van der Waals surface area contributed by atoms with Crippen LogP contribution in [0.25, 0.3) is 28.3 Å². The van der Waals surface area contributed by atoms with E-state index in [1.165, 1.54) is 24.3 Å². The second-order valence-electron chi connectivity index (χ2n) is 6.50. The molecule has 1 nitrogen and oxygen atoms in total. The van der Waals surface area contributed by atoms with Crippen molar-refractivity contribution in [3.05, 3.63) is 83.4 Å². The van der Waals surface area contributed by atoms with E-state index >= 15 is 0 Å². The first-order valence-electron chi connectivity index (χ1n) is 9.06. The summed E-state index contributed by atoms with van der Waals surface area (Å²) in [7, 11) is 0. The highest BCUT2D eigenvalue weighted by molar-refractivity contribution is 5.72. The molecule has 0 N–H and O–H groups in total. The molecule has 0 atom stereocenters. The molecule has 31 heavy (non-hydrogen) atoms. The van der Waals surface area contributed by atoms with E-state index in [2.05, 4.69) is 0 Å². The lowest BCUT2D eigenvalue weighted by molar-refractivity contribution is -0.0790. The van der Waals surface area contributed by atoms with Gasteiger partial charge in [-0.1, -0.05) is 18.2 Å². The lowest BCUT2D eigenvalue weighted by atomic mass is 9.98. The number of halogens is 7. The summed E-state index contributed by atoms with van der Waals surface area (Å²) in [5.74, 6) is -3.88. The molecule has 0 aromatic heterocycles. The second kappa shape index (κ2) is 8.83. The normalized spacial score (nSPS) is 11.9. The maximum Gasteiger partial charge on any atom is 0.409 e. The van der Waals surface area contributed by atoms with Crippen LogP contribution in [0.15, 0.2) is 54.6 Å². The number of ether oxygens (including phenoxy) is 1. The Morgan fingerprint density at radius 1 is 0.742 bits per heavy atom. The Hall–Kier alpha value is -3.29. The Morgan fingerprint density at radius 3 is 1.87 bits per heavy atom. The van der Waals surface area contributed by atoms with Crippen LogP contribution in [-0.4, -0.2) is 12.8 Å². The second-order valence-corrected chi connectivity index (χ2v) is 6.50. The molecule has 8 heteroatoms. The minimum absolute atomic E-state index is 0.0221. The monoisotopic (exact) mass is 440 g/mol. The van der Waals surface area contributed by atoms with Gasteiger partial charge in [0.05, 0.1) is 6.61 Å². The molecule has 0 aliphatic heterocycles. The first kappa shape index (κ1) is 22.4. The molecule has 0 fully saturated rings. The van der Waals surface area contributed by atoms with Crippen LogP contribution >= 0.6 is 0 Å². The van der Waals surface area contributed by atoms with Crippen LogP contribution in [0.3, 0.4) is 0 Å². The molecule has 162 valence electrons. The third kappa shape index (κ3) is 5.25. The van der Waals surface area contributed by atoms with E-state index in [-0.39, 0.29) is 40.7 Å². The standard InChI is InChI=1S/C23H15F7O/c1-2-31-22-6-4-14(10-21(22)27)16-5-3-13(9-18(16)24)15-11-19(25)17(20(26)12-15)7-8-23(28,29)30/h3-12H,2H2,1H3/b8-7+. The van der Waals surface area contributed by atoms with Crippen molar-refractivity contribution in [2.24, 2.45) is 0 Å². The molecule has 3 rings (SSSR count). The fourth-order valence-corrected chi connectivity index (χ4v) is 2.96.